The molecule has 0 radical (unpaired) electrons. The number of hydrogen-bond acceptors (Lipinski definition) is 5. The average molecular weight is 264 g/mol. The van der Waals surface area contributed by atoms with E-state index in [2.05, 4.69) is 10.3 Å². The summed E-state index contributed by atoms with van der Waals surface area (Å²) in [5.74, 6) is 0. The van der Waals surface area contributed by atoms with E-state index in [0.717, 1.165) is 0 Å². The van der Waals surface area contributed by atoms with Crippen LogP contribution in [0, 0.1) is 28.4 Å². The molecule has 0 fully saturated rings. The standard InChI is InChI=1S/C10H6ClN5O2/c1-6-9(5-12)13-14-15(6)7-2-3-8(11)10(4-7)16(17)18/h2-4H,1H3. The summed E-state index contributed by atoms with van der Waals surface area (Å²) in [6, 6.07) is 6.14. The van der Waals surface area contributed by atoms with Crippen molar-refractivity contribution in [3.63, 3.8) is 0 Å². The van der Waals surface area contributed by atoms with E-state index in [1.165, 1.54) is 16.8 Å². The van der Waals surface area contributed by atoms with Crippen LogP contribution in [-0.2, 0) is 0 Å². The fourth-order valence-corrected chi connectivity index (χ4v) is 1.64. The molecule has 7 nitrogen and oxygen atoms in total. The number of nitriles is 1. The monoisotopic (exact) mass is 263 g/mol. The number of nitro benzene ring substituents is 1. The highest BCUT2D eigenvalue weighted by Crippen LogP contribution is 2.27. The Morgan fingerprint density at radius 1 is 1.56 bits per heavy atom. The Kier molecular flexibility index (Phi) is 2.95. The zero-order valence-corrected chi connectivity index (χ0v) is 9.92. The molecule has 0 N–H and O–H groups in total. The van der Waals surface area contributed by atoms with Crippen molar-refractivity contribution >= 4 is 17.3 Å². The SMILES string of the molecule is Cc1c(C#N)nnn1-c1ccc(Cl)c([N+](=O)[O-])c1. The number of rotatable bonds is 2. The first kappa shape index (κ1) is 12.0. The van der Waals surface area contributed by atoms with Crippen molar-refractivity contribution in [3.05, 3.63) is 44.7 Å². The van der Waals surface area contributed by atoms with Gasteiger partial charge in [-0.3, -0.25) is 10.1 Å². The van der Waals surface area contributed by atoms with Crippen LogP contribution in [0.15, 0.2) is 18.2 Å². The summed E-state index contributed by atoms with van der Waals surface area (Å²) in [5.41, 5.74) is 0.891. The number of aromatic nitrogens is 3. The Labute approximate surface area is 106 Å². The Bertz CT molecular complexity index is 673. The van der Waals surface area contributed by atoms with Crippen LogP contribution in [0.3, 0.4) is 0 Å². The third-order valence-electron chi connectivity index (χ3n) is 2.37. The molecule has 0 aliphatic rings. The van der Waals surface area contributed by atoms with Gasteiger partial charge in [-0.15, -0.1) is 5.10 Å². The lowest BCUT2D eigenvalue weighted by Gasteiger charge is -2.03. The predicted molar refractivity (Wildman–Crippen MR) is 62.5 cm³/mol. The lowest BCUT2D eigenvalue weighted by Crippen LogP contribution is -2.00. The van der Waals surface area contributed by atoms with Crippen molar-refractivity contribution in [3.8, 4) is 11.8 Å². The van der Waals surface area contributed by atoms with Gasteiger partial charge in [0.1, 0.15) is 11.1 Å². The minimum atomic E-state index is -0.580. The lowest BCUT2D eigenvalue weighted by molar-refractivity contribution is -0.384. The number of halogens is 1. The smallest absolute Gasteiger partial charge is 0.258 e. The fourth-order valence-electron chi connectivity index (χ4n) is 1.45. The normalized spacial score (nSPS) is 10.1. The number of nitrogens with zero attached hydrogens (tertiary/aromatic N) is 5. The van der Waals surface area contributed by atoms with Gasteiger partial charge in [-0.2, -0.15) is 5.26 Å². The number of hydrogen-bond donors (Lipinski definition) is 0. The van der Waals surface area contributed by atoms with Crippen molar-refractivity contribution in [2.75, 3.05) is 0 Å². The van der Waals surface area contributed by atoms with Gasteiger partial charge in [-0.05, 0) is 19.1 Å². The Morgan fingerprint density at radius 3 is 2.83 bits per heavy atom. The second kappa shape index (κ2) is 4.43. The average Bonchev–Trinajstić information content (AvgIpc) is 2.71. The van der Waals surface area contributed by atoms with Crippen molar-refractivity contribution in [1.82, 2.24) is 15.0 Å². The molecule has 2 rings (SSSR count). The first-order chi connectivity index (χ1) is 8.54. The highest BCUT2D eigenvalue weighted by molar-refractivity contribution is 6.32. The molecule has 0 unspecified atom stereocenters. The van der Waals surface area contributed by atoms with E-state index in [1.807, 2.05) is 6.07 Å². The third kappa shape index (κ3) is 1.89. The summed E-state index contributed by atoms with van der Waals surface area (Å²) in [5, 5.41) is 27.0. The lowest BCUT2D eigenvalue weighted by atomic mass is 10.2. The summed E-state index contributed by atoms with van der Waals surface area (Å²) in [6.45, 7) is 1.65. The molecule has 8 heteroatoms. The summed E-state index contributed by atoms with van der Waals surface area (Å²) < 4.78 is 1.35. The number of nitro groups is 1. The van der Waals surface area contributed by atoms with Crippen molar-refractivity contribution in [1.29, 1.82) is 5.26 Å². The van der Waals surface area contributed by atoms with Crippen molar-refractivity contribution in [2.45, 2.75) is 6.92 Å². The molecule has 0 aliphatic heterocycles. The molecule has 90 valence electrons. The summed E-state index contributed by atoms with van der Waals surface area (Å²) in [7, 11) is 0. The maximum atomic E-state index is 10.8. The topological polar surface area (TPSA) is 97.6 Å². The Morgan fingerprint density at radius 2 is 2.28 bits per heavy atom. The predicted octanol–water partition coefficient (Wildman–Crippen LogP) is 2.01. The van der Waals surface area contributed by atoms with Gasteiger partial charge in [0, 0.05) is 6.07 Å². The maximum absolute atomic E-state index is 10.8. The van der Waals surface area contributed by atoms with Crippen LogP contribution >= 0.6 is 11.6 Å². The zero-order valence-electron chi connectivity index (χ0n) is 9.16. The fraction of sp³-hybridized carbons (Fsp3) is 0.100. The van der Waals surface area contributed by atoms with E-state index in [9.17, 15) is 10.1 Å². The molecule has 0 saturated heterocycles. The van der Waals surface area contributed by atoms with Crippen LogP contribution < -0.4 is 0 Å². The summed E-state index contributed by atoms with van der Waals surface area (Å²) >= 11 is 5.71. The second-order valence-corrected chi connectivity index (χ2v) is 3.85. The van der Waals surface area contributed by atoms with Gasteiger partial charge in [-0.25, -0.2) is 4.68 Å². The molecule has 0 saturated carbocycles. The number of benzene rings is 1. The molecular weight excluding hydrogens is 258 g/mol. The minimum Gasteiger partial charge on any atom is -0.258 e. The van der Waals surface area contributed by atoms with E-state index in [1.54, 1.807) is 13.0 Å². The van der Waals surface area contributed by atoms with Crippen LogP contribution in [-0.4, -0.2) is 19.9 Å². The van der Waals surface area contributed by atoms with Crippen molar-refractivity contribution in [2.24, 2.45) is 0 Å². The first-order valence-corrected chi connectivity index (χ1v) is 5.19. The maximum Gasteiger partial charge on any atom is 0.290 e. The molecule has 18 heavy (non-hydrogen) atoms. The highest BCUT2D eigenvalue weighted by Gasteiger charge is 2.16. The Hall–Kier alpha value is -2.46. The molecule has 0 atom stereocenters. The van der Waals surface area contributed by atoms with Gasteiger partial charge in [-0.1, -0.05) is 16.8 Å². The summed E-state index contributed by atoms with van der Waals surface area (Å²) in [6.07, 6.45) is 0. The molecule has 0 amide bonds. The van der Waals surface area contributed by atoms with E-state index in [0.29, 0.717) is 11.4 Å². The largest absolute Gasteiger partial charge is 0.290 e. The van der Waals surface area contributed by atoms with E-state index < -0.39 is 4.92 Å². The summed E-state index contributed by atoms with van der Waals surface area (Å²) in [4.78, 5) is 10.2. The molecular formula is C10H6ClN5O2. The van der Waals surface area contributed by atoms with Crippen LogP contribution in [0.25, 0.3) is 5.69 Å². The van der Waals surface area contributed by atoms with Crippen LogP contribution in [0.4, 0.5) is 5.69 Å². The van der Waals surface area contributed by atoms with Gasteiger partial charge in [0.15, 0.2) is 5.69 Å². The molecule has 0 aliphatic carbocycles. The molecule has 1 aromatic carbocycles. The Balaban J connectivity index is 2.58. The van der Waals surface area contributed by atoms with E-state index in [-0.39, 0.29) is 16.4 Å². The van der Waals surface area contributed by atoms with Gasteiger partial charge in [0.25, 0.3) is 5.69 Å². The van der Waals surface area contributed by atoms with E-state index in [4.69, 9.17) is 16.9 Å². The van der Waals surface area contributed by atoms with Crippen molar-refractivity contribution < 1.29 is 4.92 Å². The second-order valence-electron chi connectivity index (χ2n) is 3.44. The van der Waals surface area contributed by atoms with Crippen LogP contribution in [0.2, 0.25) is 5.02 Å². The van der Waals surface area contributed by atoms with Gasteiger partial charge in [0.2, 0.25) is 0 Å². The molecule has 1 heterocycles. The molecule has 1 aromatic heterocycles. The molecule has 2 aromatic rings. The molecule has 0 bridgehead atoms. The van der Waals surface area contributed by atoms with Gasteiger partial charge < -0.3 is 0 Å². The van der Waals surface area contributed by atoms with Gasteiger partial charge >= 0.3 is 0 Å². The van der Waals surface area contributed by atoms with Crippen LogP contribution in [0.5, 0.6) is 0 Å². The first-order valence-electron chi connectivity index (χ1n) is 4.81. The minimum absolute atomic E-state index is 0.0435. The highest BCUT2D eigenvalue weighted by atomic mass is 35.5. The zero-order chi connectivity index (χ0) is 13.3. The molecule has 0 spiro atoms. The quantitative estimate of drug-likeness (QED) is 0.610. The van der Waals surface area contributed by atoms with Gasteiger partial charge in [0.05, 0.1) is 16.3 Å². The van der Waals surface area contributed by atoms with Crippen LogP contribution in [0.1, 0.15) is 11.4 Å². The third-order valence-corrected chi connectivity index (χ3v) is 2.69. The van der Waals surface area contributed by atoms with E-state index >= 15 is 0 Å².